The van der Waals surface area contributed by atoms with E-state index in [9.17, 15) is 20.2 Å². The molecule has 0 aliphatic carbocycles. The van der Waals surface area contributed by atoms with Crippen LogP contribution in [-0.2, 0) is 47.4 Å². The number of hydrogen-bond acceptors (Lipinski definition) is 15. The zero-order chi connectivity index (χ0) is 36.9. The van der Waals surface area contributed by atoms with Crippen molar-refractivity contribution in [1.82, 2.24) is 0 Å². The van der Waals surface area contributed by atoms with Crippen LogP contribution in [-0.4, -0.2) is 149 Å². The van der Waals surface area contributed by atoms with Gasteiger partial charge in [-0.2, -0.15) is 0 Å². The molecule has 0 bridgehead atoms. The molecule has 0 fully saturated rings. The first-order chi connectivity index (χ1) is 25.1. The fraction of sp³-hybridized carbons (Fsp3) is 0.824. The van der Waals surface area contributed by atoms with Crippen molar-refractivity contribution in [1.29, 1.82) is 0 Å². The molecule has 0 radical (unpaired) electrons. The van der Waals surface area contributed by atoms with E-state index in [2.05, 4.69) is 12.2 Å². The predicted octanol–water partition coefficient (Wildman–Crippen LogP) is 4.44. The summed E-state index contributed by atoms with van der Waals surface area (Å²) in [6, 6.07) is 3.43. The van der Waals surface area contributed by atoms with Crippen molar-refractivity contribution in [3.05, 3.63) is 38.4 Å². The van der Waals surface area contributed by atoms with Crippen molar-refractivity contribution < 1.29 is 57.2 Å². The maximum atomic E-state index is 11.1. The molecule has 0 atom stereocenters. The molecule has 17 nitrogen and oxygen atoms in total. The Morgan fingerprint density at radius 1 is 0.471 bits per heavy atom. The molecule has 1 N–H and O–H groups in total. The van der Waals surface area contributed by atoms with Gasteiger partial charge in [0.05, 0.1) is 141 Å². The van der Waals surface area contributed by atoms with Crippen LogP contribution in [0.15, 0.2) is 18.2 Å². The van der Waals surface area contributed by atoms with Crippen molar-refractivity contribution in [2.24, 2.45) is 0 Å². The van der Waals surface area contributed by atoms with Gasteiger partial charge in [-0.25, -0.2) is 0 Å². The van der Waals surface area contributed by atoms with Gasteiger partial charge >= 0.3 is 0 Å². The van der Waals surface area contributed by atoms with Crippen LogP contribution >= 0.6 is 0 Å². The lowest BCUT2D eigenvalue weighted by molar-refractivity contribution is -0.393. The van der Waals surface area contributed by atoms with Crippen LogP contribution in [0.2, 0.25) is 0 Å². The molecule has 0 spiro atoms. The van der Waals surface area contributed by atoms with Crippen LogP contribution in [0, 0.1) is 20.2 Å². The number of nitrogens with one attached hydrogen (secondary N) is 1. The average molecular weight is 736 g/mol. The maximum Gasteiger partial charge on any atom is 0.299 e. The Hall–Kier alpha value is -2.58. The number of unbranched alkanes of at least 4 members (excludes halogenated alkanes) is 5. The van der Waals surface area contributed by atoms with Crippen LogP contribution in [0.3, 0.4) is 0 Å². The molecule has 0 saturated heterocycles. The summed E-state index contributed by atoms with van der Waals surface area (Å²) in [5.74, 6) is 0. The number of ether oxygens (including phenoxy) is 10. The minimum atomic E-state index is -0.679. The Morgan fingerprint density at radius 3 is 1.20 bits per heavy atom. The number of rotatable bonds is 40. The molecule has 17 heteroatoms. The highest BCUT2D eigenvalue weighted by atomic mass is 16.6. The number of nitro groups is 2. The SMILES string of the molecule is CCCCCCCCOCCOCCOCCOCCOCCOCCOCCOCCOCCOCCNc1ccc([N+](=O)[O-])cc1[N+](=O)[O-]. The molecule has 0 unspecified atom stereocenters. The van der Waals surface area contributed by atoms with Crippen LogP contribution in [0.4, 0.5) is 17.1 Å². The van der Waals surface area contributed by atoms with Gasteiger partial charge in [-0.15, -0.1) is 0 Å². The molecular weight excluding hydrogens is 674 g/mol. The third kappa shape index (κ3) is 29.7. The largest absolute Gasteiger partial charge is 0.379 e. The van der Waals surface area contributed by atoms with Crippen molar-refractivity contribution >= 4 is 17.1 Å². The van der Waals surface area contributed by atoms with Crippen LogP contribution < -0.4 is 5.32 Å². The highest BCUT2D eigenvalue weighted by molar-refractivity contribution is 5.65. The molecule has 1 aromatic rings. The summed E-state index contributed by atoms with van der Waals surface area (Å²) in [7, 11) is 0. The second-order valence-electron chi connectivity index (χ2n) is 11.0. The second-order valence-corrected chi connectivity index (χ2v) is 11.0. The van der Waals surface area contributed by atoms with E-state index in [1.807, 2.05) is 0 Å². The Bertz CT molecular complexity index is 963. The van der Waals surface area contributed by atoms with Crippen LogP contribution in [0.1, 0.15) is 45.4 Å². The Labute approximate surface area is 302 Å². The number of non-ortho nitro benzene ring substituents is 1. The first kappa shape index (κ1) is 46.4. The standard InChI is InChI=1S/C34H61N3O14/c1-2-3-4-5-6-7-11-42-13-15-44-17-19-46-21-23-48-25-27-50-29-30-51-28-26-49-24-22-47-20-18-45-16-14-43-12-10-35-33-9-8-32(36(38)39)31-34(33)37(40)41/h8-9,31,35H,2-7,10-30H2,1H3. The summed E-state index contributed by atoms with van der Waals surface area (Å²) >= 11 is 0. The fourth-order valence-electron chi connectivity index (χ4n) is 4.26. The van der Waals surface area contributed by atoms with Crippen molar-refractivity contribution in [3.63, 3.8) is 0 Å². The first-order valence-corrected chi connectivity index (χ1v) is 18.0. The van der Waals surface area contributed by atoms with E-state index in [0.717, 1.165) is 19.1 Å². The molecule has 1 rings (SSSR count). The van der Waals surface area contributed by atoms with Gasteiger partial charge in [-0.3, -0.25) is 20.2 Å². The number of nitrogens with zero attached hydrogens (tertiary/aromatic N) is 2. The molecule has 0 amide bonds. The zero-order valence-electron chi connectivity index (χ0n) is 30.4. The van der Waals surface area contributed by atoms with Gasteiger partial charge in [0.15, 0.2) is 0 Å². The van der Waals surface area contributed by atoms with Crippen LogP contribution in [0.25, 0.3) is 0 Å². The molecule has 0 aliphatic heterocycles. The summed E-state index contributed by atoms with van der Waals surface area (Å²) in [6.07, 6.45) is 7.61. The third-order valence-electron chi connectivity index (χ3n) is 6.94. The van der Waals surface area contributed by atoms with Gasteiger partial charge in [-0.1, -0.05) is 39.0 Å². The zero-order valence-corrected chi connectivity index (χ0v) is 30.4. The summed E-state index contributed by atoms with van der Waals surface area (Å²) < 4.78 is 54.8. The maximum absolute atomic E-state index is 11.1. The Kier molecular flexibility index (Phi) is 32.6. The number of hydrogen-bond donors (Lipinski definition) is 1. The summed E-state index contributed by atoms with van der Waals surface area (Å²) in [5.41, 5.74) is -0.519. The smallest absolute Gasteiger partial charge is 0.299 e. The van der Waals surface area contributed by atoms with E-state index in [-0.39, 0.29) is 23.7 Å². The molecule has 0 saturated carbocycles. The van der Waals surface area contributed by atoms with Crippen LogP contribution in [0.5, 0.6) is 0 Å². The van der Waals surface area contributed by atoms with Gasteiger partial charge in [0.25, 0.3) is 11.4 Å². The molecule has 1 aromatic carbocycles. The van der Waals surface area contributed by atoms with Crippen molar-refractivity contribution in [2.75, 3.05) is 144 Å². The summed E-state index contributed by atoms with van der Waals surface area (Å²) in [6.45, 7) is 12.3. The lowest BCUT2D eigenvalue weighted by Gasteiger charge is -2.09. The topological polar surface area (TPSA) is 191 Å². The minimum Gasteiger partial charge on any atom is -0.379 e. The number of anilines is 1. The lowest BCUT2D eigenvalue weighted by atomic mass is 10.1. The Morgan fingerprint density at radius 2 is 0.824 bits per heavy atom. The van der Waals surface area contributed by atoms with E-state index in [1.165, 1.54) is 44.2 Å². The van der Waals surface area contributed by atoms with E-state index in [4.69, 9.17) is 47.4 Å². The summed E-state index contributed by atoms with van der Waals surface area (Å²) in [4.78, 5) is 20.6. The molecule has 296 valence electrons. The van der Waals surface area contributed by atoms with Gasteiger partial charge in [0, 0.05) is 19.2 Å². The molecule has 0 aliphatic rings. The molecular formula is C34H61N3O14. The Balaban J connectivity index is 1.71. The average Bonchev–Trinajstić information content (AvgIpc) is 3.12. The van der Waals surface area contributed by atoms with E-state index >= 15 is 0 Å². The normalized spacial score (nSPS) is 11.3. The highest BCUT2D eigenvalue weighted by Crippen LogP contribution is 2.28. The molecule has 0 aromatic heterocycles. The quantitative estimate of drug-likeness (QED) is 0.0565. The van der Waals surface area contributed by atoms with E-state index in [1.54, 1.807) is 0 Å². The second kappa shape index (κ2) is 35.8. The number of benzene rings is 1. The van der Waals surface area contributed by atoms with Crippen molar-refractivity contribution in [2.45, 2.75) is 45.4 Å². The van der Waals surface area contributed by atoms with Crippen molar-refractivity contribution in [3.8, 4) is 0 Å². The lowest BCUT2D eigenvalue weighted by Crippen LogP contribution is -2.16. The fourth-order valence-corrected chi connectivity index (χ4v) is 4.26. The minimum absolute atomic E-state index is 0.188. The van der Waals surface area contributed by atoms with Gasteiger partial charge in [-0.05, 0) is 12.5 Å². The van der Waals surface area contributed by atoms with E-state index < -0.39 is 9.85 Å². The molecule has 0 heterocycles. The van der Waals surface area contributed by atoms with Gasteiger partial charge < -0.3 is 52.7 Å². The third-order valence-corrected chi connectivity index (χ3v) is 6.94. The number of nitro benzene ring substituents is 2. The van der Waals surface area contributed by atoms with Gasteiger partial charge in [0.1, 0.15) is 5.69 Å². The van der Waals surface area contributed by atoms with Gasteiger partial charge in [0.2, 0.25) is 0 Å². The molecule has 51 heavy (non-hydrogen) atoms. The summed E-state index contributed by atoms with van der Waals surface area (Å²) in [5, 5.41) is 24.8. The van der Waals surface area contributed by atoms with E-state index in [0.29, 0.717) is 125 Å². The predicted molar refractivity (Wildman–Crippen MR) is 190 cm³/mol. The monoisotopic (exact) mass is 735 g/mol. The first-order valence-electron chi connectivity index (χ1n) is 18.0. The highest BCUT2D eigenvalue weighted by Gasteiger charge is 2.19.